The van der Waals surface area contributed by atoms with Crippen LogP contribution in [-0.4, -0.2) is 15.8 Å². The number of nitrogens with one attached hydrogen (secondary N) is 1. The van der Waals surface area contributed by atoms with Crippen molar-refractivity contribution in [3.05, 3.63) is 18.0 Å². The van der Waals surface area contributed by atoms with Crippen LogP contribution in [0.3, 0.4) is 0 Å². The lowest BCUT2D eigenvalue weighted by Gasteiger charge is -2.54. The van der Waals surface area contributed by atoms with Crippen LogP contribution in [0.5, 0.6) is 0 Å². The Kier molecular flexibility index (Phi) is 3.13. The summed E-state index contributed by atoms with van der Waals surface area (Å²) in [6.45, 7) is 5.34. The van der Waals surface area contributed by atoms with Gasteiger partial charge in [-0.3, -0.25) is 4.68 Å². The van der Waals surface area contributed by atoms with Gasteiger partial charge in [-0.1, -0.05) is 13.8 Å². The van der Waals surface area contributed by atoms with Crippen LogP contribution in [0.2, 0.25) is 0 Å². The summed E-state index contributed by atoms with van der Waals surface area (Å²) in [6.07, 6.45) is 11.8. The first-order chi connectivity index (χ1) is 9.69. The van der Waals surface area contributed by atoms with Crippen LogP contribution in [0.25, 0.3) is 0 Å². The number of hydrogen-bond acceptors (Lipinski definition) is 2. The second-order valence-corrected chi connectivity index (χ2v) is 7.79. The molecule has 0 saturated heterocycles. The topological polar surface area (TPSA) is 29.9 Å². The van der Waals surface area contributed by atoms with E-state index in [1.54, 1.807) is 0 Å². The molecule has 1 aromatic heterocycles. The van der Waals surface area contributed by atoms with E-state index in [1.807, 2.05) is 0 Å². The zero-order chi connectivity index (χ0) is 13.7. The Morgan fingerprint density at radius 3 is 2.40 bits per heavy atom. The molecule has 4 aliphatic carbocycles. The SMILES string of the molecule is CC(C)NCc1cnn(C2C3CC4CC(C3)CC2C4)c1. The second kappa shape index (κ2) is 4.87. The van der Waals surface area contributed by atoms with Gasteiger partial charge in [-0.25, -0.2) is 0 Å². The number of aromatic nitrogens is 2. The van der Waals surface area contributed by atoms with E-state index in [-0.39, 0.29) is 0 Å². The first-order valence-corrected chi connectivity index (χ1v) is 8.45. The molecule has 110 valence electrons. The van der Waals surface area contributed by atoms with Crippen molar-refractivity contribution in [3.63, 3.8) is 0 Å². The maximum absolute atomic E-state index is 4.72. The van der Waals surface area contributed by atoms with Crippen LogP contribution in [-0.2, 0) is 6.54 Å². The Bertz CT molecular complexity index is 448. The molecule has 4 aliphatic rings. The van der Waals surface area contributed by atoms with Gasteiger partial charge in [0.2, 0.25) is 0 Å². The molecule has 4 fully saturated rings. The third-order valence-electron chi connectivity index (χ3n) is 5.85. The predicted molar refractivity (Wildman–Crippen MR) is 80.3 cm³/mol. The molecule has 3 nitrogen and oxygen atoms in total. The maximum atomic E-state index is 4.72. The van der Waals surface area contributed by atoms with Crippen molar-refractivity contribution in [2.24, 2.45) is 23.7 Å². The first kappa shape index (κ1) is 12.9. The van der Waals surface area contributed by atoms with Gasteiger partial charge in [0.25, 0.3) is 0 Å². The number of hydrogen-bond donors (Lipinski definition) is 1. The van der Waals surface area contributed by atoms with Crippen molar-refractivity contribution in [1.82, 2.24) is 15.1 Å². The van der Waals surface area contributed by atoms with Gasteiger partial charge in [-0.05, 0) is 55.8 Å². The van der Waals surface area contributed by atoms with E-state index < -0.39 is 0 Å². The minimum atomic E-state index is 0.541. The molecule has 0 amide bonds. The van der Waals surface area contributed by atoms with E-state index in [9.17, 15) is 0 Å². The van der Waals surface area contributed by atoms with Gasteiger partial charge in [0.05, 0.1) is 12.2 Å². The van der Waals surface area contributed by atoms with Crippen LogP contribution in [0.4, 0.5) is 0 Å². The van der Waals surface area contributed by atoms with Crippen molar-refractivity contribution in [3.8, 4) is 0 Å². The van der Waals surface area contributed by atoms with E-state index in [0.717, 1.165) is 30.2 Å². The van der Waals surface area contributed by atoms with Gasteiger partial charge in [-0.15, -0.1) is 0 Å². The molecule has 5 rings (SSSR count). The van der Waals surface area contributed by atoms with Crippen LogP contribution < -0.4 is 5.32 Å². The summed E-state index contributed by atoms with van der Waals surface area (Å²) in [4.78, 5) is 0. The lowest BCUT2D eigenvalue weighted by Crippen LogP contribution is -2.46. The van der Waals surface area contributed by atoms with Crippen molar-refractivity contribution in [2.75, 3.05) is 0 Å². The van der Waals surface area contributed by atoms with Gasteiger partial charge >= 0.3 is 0 Å². The molecular formula is C17H27N3. The van der Waals surface area contributed by atoms with Gasteiger partial charge in [0.15, 0.2) is 0 Å². The Morgan fingerprint density at radius 1 is 1.15 bits per heavy atom. The third-order valence-corrected chi connectivity index (χ3v) is 5.85. The Balaban J connectivity index is 1.50. The van der Waals surface area contributed by atoms with Crippen LogP contribution >= 0.6 is 0 Å². The van der Waals surface area contributed by atoms with Crippen LogP contribution in [0, 0.1) is 23.7 Å². The summed E-state index contributed by atoms with van der Waals surface area (Å²) >= 11 is 0. The molecule has 0 aliphatic heterocycles. The van der Waals surface area contributed by atoms with Crippen molar-refractivity contribution >= 4 is 0 Å². The fourth-order valence-electron chi connectivity index (χ4n) is 5.28. The predicted octanol–water partition coefficient (Wildman–Crippen LogP) is 3.38. The highest BCUT2D eigenvalue weighted by Gasteiger charge is 2.49. The lowest BCUT2D eigenvalue weighted by atomic mass is 9.54. The fourth-order valence-corrected chi connectivity index (χ4v) is 5.28. The van der Waals surface area contributed by atoms with E-state index >= 15 is 0 Å². The third kappa shape index (κ3) is 2.20. The Labute approximate surface area is 122 Å². The van der Waals surface area contributed by atoms with Gasteiger partial charge in [0, 0.05) is 24.3 Å². The second-order valence-electron chi connectivity index (χ2n) is 7.79. The van der Waals surface area contributed by atoms with Gasteiger partial charge < -0.3 is 5.32 Å². The van der Waals surface area contributed by atoms with Crippen molar-refractivity contribution in [2.45, 2.75) is 64.6 Å². The van der Waals surface area contributed by atoms with E-state index in [1.165, 1.54) is 37.7 Å². The molecule has 3 heteroatoms. The highest BCUT2D eigenvalue weighted by Crippen LogP contribution is 2.58. The highest BCUT2D eigenvalue weighted by molar-refractivity contribution is 5.07. The van der Waals surface area contributed by atoms with Crippen LogP contribution in [0.1, 0.15) is 57.6 Å². The maximum Gasteiger partial charge on any atom is 0.0576 e. The summed E-state index contributed by atoms with van der Waals surface area (Å²) in [5.41, 5.74) is 1.34. The lowest BCUT2D eigenvalue weighted by molar-refractivity contribution is -0.0336. The van der Waals surface area contributed by atoms with E-state index in [0.29, 0.717) is 12.1 Å². The molecule has 1 heterocycles. The smallest absolute Gasteiger partial charge is 0.0576 e. The largest absolute Gasteiger partial charge is 0.310 e. The molecule has 1 aromatic rings. The first-order valence-electron chi connectivity index (χ1n) is 8.45. The molecule has 0 aromatic carbocycles. The summed E-state index contributed by atoms with van der Waals surface area (Å²) < 4.78 is 2.32. The quantitative estimate of drug-likeness (QED) is 0.911. The summed E-state index contributed by atoms with van der Waals surface area (Å²) in [5.74, 6) is 3.92. The standard InChI is InChI=1S/C17H27N3/c1-11(2)18-8-14-9-19-20(10-14)17-15-4-12-3-13(6-15)7-16(17)5-12/h9-13,15-18H,3-8H2,1-2H3. The number of rotatable bonds is 4. The summed E-state index contributed by atoms with van der Waals surface area (Å²) in [7, 11) is 0. The Hall–Kier alpha value is -0.830. The molecule has 0 spiro atoms. The molecular weight excluding hydrogens is 246 g/mol. The average Bonchev–Trinajstić information content (AvgIpc) is 2.83. The number of nitrogens with zero attached hydrogens (tertiary/aromatic N) is 2. The minimum Gasteiger partial charge on any atom is -0.310 e. The van der Waals surface area contributed by atoms with Crippen LogP contribution in [0.15, 0.2) is 12.4 Å². The Morgan fingerprint density at radius 2 is 1.80 bits per heavy atom. The van der Waals surface area contributed by atoms with Crippen molar-refractivity contribution < 1.29 is 0 Å². The fraction of sp³-hybridized carbons (Fsp3) is 0.824. The summed E-state index contributed by atoms with van der Waals surface area (Å²) in [5, 5.41) is 8.21. The van der Waals surface area contributed by atoms with E-state index in [4.69, 9.17) is 5.10 Å². The molecule has 20 heavy (non-hydrogen) atoms. The highest BCUT2D eigenvalue weighted by atomic mass is 15.3. The van der Waals surface area contributed by atoms with Gasteiger partial charge in [0.1, 0.15) is 0 Å². The van der Waals surface area contributed by atoms with E-state index in [2.05, 4.69) is 36.2 Å². The summed E-state index contributed by atoms with van der Waals surface area (Å²) in [6, 6.07) is 1.25. The van der Waals surface area contributed by atoms with Gasteiger partial charge in [-0.2, -0.15) is 5.10 Å². The zero-order valence-electron chi connectivity index (χ0n) is 12.8. The average molecular weight is 273 g/mol. The molecule has 0 atom stereocenters. The minimum absolute atomic E-state index is 0.541. The monoisotopic (exact) mass is 273 g/mol. The van der Waals surface area contributed by atoms with Crippen molar-refractivity contribution in [1.29, 1.82) is 0 Å². The molecule has 1 N–H and O–H groups in total. The molecule has 0 radical (unpaired) electrons. The molecule has 4 saturated carbocycles. The normalized spacial score (nSPS) is 38.9. The molecule has 0 unspecified atom stereocenters. The zero-order valence-corrected chi connectivity index (χ0v) is 12.8. The molecule has 4 bridgehead atoms.